The lowest BCUT2D eigenvalue weighted by Gasteiger charge is -2.30. The molecule has 0 radical (unpaired) electrons. The number of thiophene rings is 1. The Kier molecular flexibility index (Phi) is 5.15. The monoisotopic (exact) mass is 292 g/mol. The molecular weight excluding hydrogens is 271 g/mol. The van der Waals surface area contributed by atoms with E-state index in [9.17, 15) is 4.39 Å². The fourth-order valence-corrected chi connectivity index (χ4v) is 3.01. The average molecular weight is 292 g/mol. The molecule has 0 aliphatic carbocycles. The largest absolute Gasteiger partial charge is 0.364 e. The molecule has 0 bridgehead atoms. The van der Waals surface area contributed by atoms with Gasteiger partial charge in [0.25, 0.3) is 0 Å². The molecule has 2 rings (SSSR count). The van der Waals surface area contributed by atoms with Gasteiger partial charge in [0.1, 0.15) is 5.82 Å². The fraction of sp³-hybridized carbons (Fsp3) is 0.375. The smallest absolute Gasteiger partial charge is 0.123 e. The number of anilines is 1. The van der Waals surface area contributed by atoms with Gasteiger partial charge in [-0.2, -0.15) is 0 Å². The van der Waals surface area contributed by atoms with Crippen molar-refractivity contribution in [1.29, 1.82) is 0 Å². The highest BCUT2D eigenvalue weighted by Gasteiger charge is 2.15. The van der Waals surface area contributed by atoms with Crippen LogP contribution in [0.4, 0.5) is 10.1 Å². The Morgan fingerprint density at radius 2 is 2.10 bits per heavy atom. The molecule has 1 aromatic heterocycles. The van der Waals surface area contributed by atoms with Crippen molar-refractivity contribution in [2.24, 2.45) is 5.73 Å². The number of halogens is 1. The SMILES string of the molecule is CC(C)N(Cc1cccs1)c1ccc(F)cc1CCN. The van der Waals surface area contributed by atoms with Crippen molar-refractivity contribution in [1.82, 2.24) is 0 Å². The first-order valence-electron chi connectivity index (χ1n) is 6.89. The zero-order chi connectivity index (χ0) is 14.5. The molecule has 2 nitrogen and oxygen atoms in total. The van der Waals surface area contributed by atoms with Crippen molar-refractivity contribution in [3.63, 3.8) is 0 Å². The molecule has 4 heteroatoms. The summed E-state index contributed by atoms with van der Waals surface area (Å²) < 4.78 is 13.5. The Morgan fingerprint density at radius 3 is 2.70 bits per heavy atom. The lowest BCUT2D eigenvalue weighted by Crippen LogP contribution is -2.31. The van der Waals surface area contributed by atoms with Crippen LogP contribution in [0.3, 0.4) is 0 Å². The molecule has 1 heterocycles. The molecule has 0 atom stereocenters. The summed E-state index contributed by atoms with van der Waals surface area (Å²) in [7, 11) is 0. The molecule has 0 aliphatic heterocycles. The Morgan fingerprint density at radius 1 is 1.30 bits per heavy atom. The summed E-state index contributed by atoms with van der Waals surface area (Å²) in [6.07, 6.45) is 0.695. The molecule has 0 amide bonds. The Labute approximate surface area is 124 Å². The predicted molar refractivity (Wildman–Crippen MR) is 84.8 cm³/mol. The van der Waals surface area contributed by atoms with Crippen LogP contribution < -0.4 is 10.6 Å². The van der Waals surface area contributed by atoms with Crippen LogP contribution in [0.15, 0.2) is 35.7 Å². The van der Waals surface area contributed by atoms with Gasteiger partial charge in [0.2, 0.25) is 0 Å². The standard InChI is InChI=1S/C16H21FN2S/c1-12(2)19(11-15-4-3-9-20-15)16-6-5-14(17)10-13(16)7-8-18/h3-6,9-10,12H,7-8,11,18H2,1-2H3. The van der Waals surface area contributed by atoms with Gasteiger partial charge in [-0.05, 0) is 62.0 Å². The van der Waals surface area contributed by atoms with Crippen LogP contribution in [0.1, 0.15) is 24.3 Å². The lowest BCUT2D eigenvalue weighted by molar-refractivity contribution is 0.622. The van der Waals surface area contributed by atoms with Crippen LogP contribution in [0, 0.1) is 5.82 Å². The van der Waals surface area contributed by atoms with Crippen molar-refractivity contribution in [3.8, 4) is 0 Å². The topological polar surface area (TPSA) is 29.3 Å². The van der Waals surface area contributed by atoms with E-state index in [-0.39, 0.29) is 5.82 Å². The van der Waals surface area contributed by atoms with Crippen LogP contribution in [0.25, 0.3) is 0 Å². The third kappa shape index (κ3) is 3.58. The van der Waals surface area contributed by atoms with Crippen molar-refractivity contribution in [3.05, 3.63) is 52.0 Å². The molecule has 20 heavy (non-hydrogen) atoms. The maximum absolute atomic E-state index is 13.5. The second-order valence-corrected chi connectivity index (χ2v) is 6.14. The third-order valence-corrected chi connectivity index (χ3v) is 4.16. The highest BCUT2D eigenvalue weighted by Crippen LogP contribution is 2.27. The summed E-state index contributed by atoms with van der Waals surface area (Å²) >= 11 is 1.75. The van der Waals surface area contributed by atoms with Gasteiger partial charge in [-0.1, -0.05) is 6.07 Å². The number of nitrogens with two attached hydrogens (primary N) is 1. The molecule has 0 spiro atoms. The van der Waals surface area contributed by atoms with Gasteiger partial charge in [0.05, 0.1) is 6.54 Å². The van der Waals surface area contributed by atoms with Crippen molar-refractivity contribution in [2.45, 2.75) is 32.9 Å². The lowest BCUT2D eigenvalue weighted by atomic mass is 10.1. The fourth-order valence-electron chi connectivity index (χ4n) is 2.31. The van der Waals surface area contributed by atoms with Crippen molar-refractivity contribution in [2.75, 3.05) is 11.4 Å². The molecule has 0 unspecified atom stereocenters. The van der Waals surface area contributed by atoms with Gasteiger partial charge in [-0.15, -0.1) is 11.3 Å². The van der Waals surface area contributed by atoms with Gasteiger partial charge >= 0.3 is 0 Å². The van der Waals surface area contributed by atoms with Crippen LogP contribution in [0.2, 0.25) is 0 Å². The molecule has 0 saturated carbocycles. The normalized spacial score (nSPS) is 11.1. The van der Waals surface area contributed by atoms with Crippen molar-refractivity contribution >= 4 is 17.0 Å². The predicted octanol–water partition coefficient (Wildman–Crippen LogP) is 3.80. The Balaban J connectivity index is 2.33. The molecule has 2 aromatic rings. The molecule has 0 aliphatic rings. The van der Waals surface area contributed by atoms with Crippen molar-refractivity contribution < 1.29 is 4.39 Å². The number of nitrogens with zero attached hydrogens (tertiary/aromatic N) is 1. The first-order chi connectivity index (χ1) is 9.61. The zero-order valence-electron chi connectivity index (χ0n) is 12.0. The minimum atomic E-state index is -0.197. The van der Waals surface area contributed by atoms with Crippen LogP contribution >= 0.6 is 11.3 Å². The van der Waals surface area contributed by atoms with Crippen LogP contribution in [-0.4, -0.2) is 12.6 Å². The van der Waals surface area contributed by atoms with E-state index in [0.29, 0.717) is 19.0 Å². The molecule has 108 valence electrons. The van der Waals surface area contributed by atoms with Crippen LogP contribution in [0.5, 0.6) is 0 Å². The van der Waals surface area contributed by atoms with E-state index in [1.807, 2.05) is 6.07 Å². The number of hydrogen-bond donors (Lipinski definition) is 1. The summed E-state index contributed by atoms with van der Waals surface area (Å²) in [5.41, 5.74) is 7.72. The molecule has 1 aromatic carbocycles. The van der Waals surface area contributed by atoms with Gasteiger partial charge in [0.15, 0.2) is 0 Å². The van der Waals surface area contributed by atoms with Crippen LogP contribution in [-0.2, 0) is 13.0 Å². The summed E-state index contributed by atoms with van der Waals surface area (Å²) in [4.78, 5) is 3.61. The summed E-state index contributed by atoms with van der Waals surface area (Å²) in [6.45, 7) is 5.69. The Hall–Kier alpha value is -1.39. The maximum atomic E-state index is 13.5. The minimum absolute atomic E-state index is 0.197. The molecule has 0 fully saturated rings. The highest BCUT2D eigenvalue weighted by molar-refractivity contribution is 7.09. The van der Waals surface area contributed by atoms with E-state index < -0.39 is 0 Å². The summed E-state index contributed by atoms with van der Waals surface area (Å²) in [6, 6.07) is 9.54. The van der Waals surface area contributed by atoms with Gasteiger partial charge in [-0.3, -0.25) is 0 Å². The van der Waals surface area contributed by atoms with E-state index >= 15 is 0 Å². The molecule has 0 saturated heterocycles. The second-order valence-electron chi connectivity index (χ2n) is 5.11. The highest BCUT2D eigenvalue weighted by atomic mass is 32.1. The summed E-state index contributed by atoms with van der Waals surface area (Å²) in [5, 5.41) is 2.08. The first kappa shape index (κ1) is 15.0. The minimum Gasteiger partial charge on any atom is -0.364 e. The third-order valence-electron chi connectivity index (χ3n) is 3.29. The molecular formula is C16H21FN2S. The zero-order valence-corrected chi connectivity index (χ0v) is 12.8. The van der Waals surface area contributed by atoms with E-state index in [1.165, 1.54) is 10.9 Å². The second kappa shape index (κ2) is 6.86. The number of rotatable bonds is 6. The van der Waals surface area contributed by atoms with E-state index in [0.717, 1.165) is 17.8 Å². The Bertz CT molecular complexity index is 537. The van der Waals surface area contributed by atoms with E-state index in [4.69, 9.17) is 5.73 Å². The van der Waals surface area contributed by atoms with Gasteiger partial charge in [-0.25, -0.2) is 4.39 Å². The first-order valence-corrected chi connectivity index (χ1v) is 7.77. The average Bonchev–Trinajstić information content (AvgIpc) is 2.90. The summed E-state index contributed by atoms with van der Waals surface area (Å²) in [5.74, 6) is -0.197. The van der Waals surface area contributed by atoms with E-state index in [1.54, 1.807) is 17.4 Å². The number of benzene rings is 1. The molecule has 2 N–H and O–H groups in total. The maximum Gasteiger partial charge on any atom is 0.123 e. The van der Waals surface area contributed by atoms with Gasteiger partial charge in [0, 0.05) is 16.6 Å². The van der Waals surface area contributed by atoms with Gasteiger partial charge < -0.3 is 10.6 Å². The quantitative estimate of drug-likeness (QED) is 0.877. The van der Waals surface area contributed by atoms with E-state index in [2.05, 4.69) is 36.3 Å². The number of hydrogen-bond acceptors (Lipinski definition) is 3.